The lowest BCUT2D eigenvalue weighted by atomic mass is 9.95. The van der Waals surface area contributed by atoms with Crippen molar-refractivity contribution in [2.45, 2.75) is 45.3 Å². The zero-order chi connectivity index (χ0) is 28.3. The van der Waals surface area contributed by atoms with Crippen molar-refractivity contribution < 1.29 is 9.53 Å². The highest BCUT2D eigenvalue weighted by atomic mass is 32.1. The molecule has 0 N–H and O–H groups in total. The third-order valence-electron chi connectivity index (χ3n) is 8.34. The summed E-state index contributed by atoms with van der Waals surface area (Å²) in [7, 11) is 3.51. The Morgan fingerprint density at radius 2 is 1.76 bits per heavy atom. The average molecular weight is 568 g/mol. The standard InChI is InChI=1S/C33H37N5O2S/c1-23-34-27(22-41-23)21-36(2)33(39)30-12-13-31(25-8-10-29(40-3)11-9-25)35-32(30)37-18-15-28(16-19-37)38-17-14-24-6-4-5-7-26(24)20-38/h4-13,22,28H,14-21H2,1-3H3. The lowest BCUT2D eigenvalue weighted by molar-refractivity contribution is 0.0783. The number of ether oxygens (including phenoxy) is 1. The monoisotopic (exact) mass is 567 g/mol. The number of methoxy groups -OCH3 is 1. The number of anilines is 1. The summed E-state index contributed by atoms with van der Waals surface area (Å²) < 4.78 is 5.34. The average Bonchev–Trinajstić information content (AvgIpc) is 3.44. The summed E-state index contributed by atoms with van der Waals surface area (Å²) in [6.07, 6.45) is 3.22. The van der Waals surface area contributed by atoms with E-state index in [0.29, 0.717) is 18.2 Å². The van der Waals surface area contributed by atoms with Crippen molar-refractivity contribution in [2.24, 2.45) is 0 Å². The van der Waals surface area contributed by atoms with Crippen LogP contribution in [0.25, 0.3) is 11.3 Å². The molecule has 6 rings (SSSR count). The molecule has 2 aromatic heterocycles. The third-order valence-corrected chi connectivity index (χ3v) is 9.17. The summed E-state index contributed by atoms with van der Waals surface area (Å²) >= 11 is 1.61. The Morgan fingerprint density at radius 1 is 1.00 bits per heavy atom. The van der Waals surface area contributed by atoms with Gasteiger partial charge >= 0.3 is 0 Å². The topological polar surface area (TPSA) is 61.8 Å². The van der Waals surface area contributed by atoms with Crippen molar-refractivity contribution in [3.05, 3.63) is 93.4 Å². The highest BCUT2D eigenvalue weighted by Crippen LogP contribution is 2.31. The summed E-state index contributed by atoms with van der Waals surface area (Å²) in [6.45, 7) is 6.34. The third kappa shape index (κ3) is 5.99. The number of fused-ring (bicyclic) bond motifs is 1. The molecule has 2 aliphatic heterocycles. The van der Waals surface area contributed by atoms with Crippen LogP contribution in [0, 0.1) is 6.92 Å². The number of thiazole rings is 1. The second-order valence-corrected chi connectivity index (χ2v) is 12.1. The number of carbonyl (C=O) groups excluding carboxylic acids is 1. The van der Waals surface area contributed by atoms with Gasteiger partial charge in [0, 0.05) is 50.2 Å². The van der Waals surface area contributed by atoms with Crippen LogP contribution in [0.1, 0.15) is 45.0 Å². The number of pyridine rings is 1. The van der Waals surface area contributed by atoms with E-state index in [2.05, 4.69) is 39.0 Å². The van der Waals surface area contributed by atoms with Gasteiger partial charge in [-0.15, -0.1) is 11.3 Å². The number of aromatic nitrogens is 2. The number of aryl methyl sites for hydroxylation is 1. The van der Waals surface area contributed by atoms with Crippen molar-refractivity contribution in [2.75, 3.05) is 38.7 Å². The Morgan fingerprint density at radius 3 is 2.46 bits per heavy atom. The first kappa shape index (κ1) is 27.4. The molecule has 8 heteroatoms. The number of benzene rings is 2. The molecule has 0 spiro atoms. The molecule has 0 saturated carbocycles. The van der Waals surface area contributed by atoms with E-state index in [1.54, 1.807) is 23.3 Å². The van der Waals surface area contributed by atoms with Crippen molar-refractivity contribution in [3.63, 3.8) is 0 Å². The van der Waals surface area contributed by atoms with Crippen LogP contribution in [0.3, 0.4) is 0 Å². The van der Waals surface area contributed by atoms with Gasteiger partial charge in [0.05, 0.1) is 35.6 Å². The highest BCUT2D eigenvalue weighted by molar-refractivity contribution is 7.09. The van der Waals surface area contributed by atoms with Crippen LogP contribution in [-0.2, 0) is 19.5 Å². The molecular formula is C33H37N5O2S. The molecular weight excluding hydrogens is 530 g/mol. The molecule has 212 valence electrons. The van der Waals surface area contributed by atoms with Crippen LogP contribution in [0.2, 0.25) is 0 Å². The van der Waals surface area contributed by atoms with Crippen LogP contribution in [0.15, 0.2) is 66.0 Å². The fourth-order valence-electron chi connectivity index (χ4n) is 6.05. The minimum absolute atomic E-state index is 0.0332. The second kappa shape index (κ2) is 12.0. The maximum atomic E-state index is 13.8. The van der Waals surface area contributed by atoms with Crippen molar-refractivity contribution in [1.29, 1.82) is 0 Å². The number of amides is 1. The zero-order valence-electron chi connectivity index (χ0n) is 24.0. The number of hydrogen-bond acceptors (Lipinski definition) is 7. The smallest absolute Gasteiger partial charge is 0.257 e. The van der Waals surface area contributed by atoms with E-state index in [1.165, 1.54) is 11.1 Å². The molecule has 2 aromatic carbocycles. The zero-order valence-corrected chi connectivity index (χ0v) is 24.9. The number of nitrogens with zero attached hydrogens (tertiary/aromatic N) is 5. The van der Waals surface area contributed by atoms with E-state index >= 15 is 0 Å². The van der Waals surface area contributed by atoms with Crippen LogP contribution in [-0.4, -0.2) is 65.5 Å². The molecule has 41 heavy (non-hydrogen) atoms. The summed E-state index contributed by atoms with van der Waals surface area (Å²) in [6, 6.07) is 21.2. The molecule has 4 aromatic rings. The molecule has 0 unspecified atom stereocenters. The Bertz CT molecular complexity index is 1510. The molecule has 0 atom stereocenters. The van der Waals surface area contributed by atoms with Crippen molar-refractivity contribution in [1.82, 2.24) is 19.8 Å². The predicted molar refractivity (Wildman–Crippen MR) is 165 cm³/mol. The number of hydrogen-bond donors (Lipinski definition) is 0. The molecule has 1 amide bonds. The Kier molecular flexibility index (Phi) is 8.03. The molecule has 0 radical (unpaired) electrons. The van der Waals surface area contributed by atoms with Gasteiger partial charge < -0.3 is 14.5 Å². The Balaban J connectivity index is 1.23. The van der Waals surface area contributed by atoms with Gasteiger partial charge in [0.15, 0.2) is 0 Å². The van der Waals surface area contributed by atoms with Gasteiger partial charge in [0.1, 0.15) is 11.6 Å². The van der Waals surface area contributed by atoms with Gasteiger partial charge in [-0.1, -0.05) is 24.3 Å². The maximum absolute atomic E-state index is 13.8. The van der Waals surface area contributed by atoms with Crippen molar-refractivity contribution >= 4 is 23.1 Å². The van der Waals surface area contributed by atoms with Gasteiger partial charge in [-0.25, -0.2) is 9.97 Å². The second-order valence-electron chi connectivity index (χ2n) is 11.0. The quantitative estimate of drug-likeness (QED) is 0.280. The first-order chi connectivity index (χ1) is 20.0. The highest BCUT2D eigenvalue weighted by Gasteiger charge is 2.30. The molecule has 4 heterocycles. The predicted octanol–water partition coefficient (Wildman–Crippen LogP) is 5.82. The Labute approximate surface area is 246 Å². The van der Waals surface area contributed by atoms with E-state index in [1.807, 2.05) is 55.7 Å². The lowest BCUT2D eigenvalue weighted by Gasteiger charge is -2.41. The molecule has 0 bridgehead atoms. The van der Waals surface area contributed by atoms with E-state index in [-0.39, 0.29) is 5.91 Å². The fourth-order valence-corrected chi connectivity index (χ4v) is 6.66. The van der Waals surface area contributed by atoms with Gasteiger partial charge in [-0.3, -0.25) is 9.69 Å². The maximum Gasteiger partial charge on any atom is 0.257 e. The normalized spacial score (nSPS) is 15.9. The van der Waals surface area contributed by atoms with Crippen LogP contribution < -0.4 is 9.64 Å². The summed E-state index contributed by atoms with van der Waals surface area (Å²) in [5.74, 6) is 1.54. The first-order valence-electron chi connectivity index (χ1n) is 14.4. The van der Waals surface area contributed by atoms with E-state index in [4.69, 9.17) is 9.72 Å². The van der Waals surface area contributed by atoms with Gasteiger partial charge in [0.25, 0.3) is 5.91 Å². The largest absolute Gasteiger partial charge is 0.497 e. The van der Waals surface area contributed by atoms with E-state index in [9.17, 15) is 4.79 Å². The summed E-state index contributed by atoms with van der Waals surface area (Å²) in [5, 5.41) is 3.03. The SMILES string of the molecule is COc1ccc(-c2ccc(C(=O)N(C)Cc3csc(C)n3)c(N3CCC(N4CCc5ccccc5C4)CC3)n2)cc1. The fraction of sp³-hybridized carbons (Fsp3) is 0.364. The van der Waals surface area contributed by atoms with Crippen molar-refractivity contribution in [3.8, 4) is 17.0 Å². The molecule has 0 aliphatic carbocycles. The minimum atomic E-state index is -0.0332. The minimum Gasteiger partial charge on any atom is -0.497 e. The number of carbonyl (C=O) groups is 1. The van der Waals surface area contributed by atoms with Crippen LogP contribution in [0.4, 0.5) is 5.82 Å². The van der Waals surface area contributed by atoms with Gasteiger partial charge in [-0.2, -0.15) is 0 Å². The summed E-state index contributed by atoms with van der Waals surface area (Å²) in [5.41, 5.74) is 6.35. The molecule has 1 fully saturated rings. The van der Waals surface area contributed by atoms with Crippen LogP contribution in [0.5, 0.6) is 5.75 Å². The number of piperidine rings is 1. The molecule has 7 nitrogen and oxygen atoms in total. The van der Waals surface area contributed by atoms with Gasteiger partial charge in [-0.05, 0) is 73.7 Å². The number of rotatable bonds is 7. The van der Waals surface area contributed by atoms with Gasteiger partial charge in [0.2, 0.25) is 0 Å². The molecule has 1 saturated heterocycles. The Hall–Kier alpha value is -3.75. The van der Waals surface area contributed by atoms with Crippen LogP contribution >= 0.6 is 11.3 Å². The molecule has 2 aliphatic rings. The van der Waals surface area contributed by atoms with E-state index in [0.717, 1.165) is 79.0 Å². The summed E-state index contributed by atoms with van der Waals surface area (Å²) in [4.78, 5) is 30.2. The van der Waals surface area contributed by atoms with E-state index < -0.39 is 0 Å². The first-order valence-corrected chi connectivity index (χ1v) is 15.2. The lowest BCUT2D eigenvalue weighted by Crippen LogP contribution is -2.47.